The van der Waals surface area contributed by atoms with Gasteiger partial charge in [-0.05, 0) is 77.0 Å². The third kappa shape index (κ3) is 62.4. The first-order valence-electron chi connectivity index (χ1n) is 33.5. The fourth-order valence-corrected chi connectivity index (χ4v) is 10.1. The highest BCUT2D eigenvalue weighted by Crippen LogP contribution is 2.18. The zero-order chi connectivity index (χ0) is 54.3. The summed E-state index contributed by atoms with van der Waals surface area (Å²) in [5.41, 5.74) is 0. The van der Waals surface area contributed by atoms with E-state index in [9.17, 15) is 14.4 Å². The molecule has 0 bridgehead atoms. The van der Waals surface area contributed by atoms with E-state index in [1.165, 1.54) is 257 Å². The largest absolute Gasteiger partial charge is 0.462 e. The van der Waals surface area contributed by atoms with E-state index >= 15 is 0 Å². The van der Waals surface area contributed by atoms with Gasteiger partial charge in [0.25, 0.3) is 0 Å². The summed E-state index contributed by atoms with van der Waals surface area (Å²) in [6, 6.07) is 0. The van der Waals surface area contributed by atoms with Crippen LogP contribution >= 0.6 is 0 Å². The molecule has 0 rings (SSSR count). The third-order valence-corrected chi connectivity index (χ3v) is 15.1. The fourth-order valence-electron chi connectivity index (χ4n) is 10.1. The van der Waals surface area contributed by atoms with Crippen LogP contribution in [0, 0.1) is 0 Å². The lowest BCUT2D eigenvalue weighted by Gasteiger charge is -2.18. The van der Waals surface area contributed by atoms with E-state index in [1.54, 1.807) is 0 Å². The second-order valence-corrected chi connectivity index (χ2v) is 22.7. The first-order valence-corrected chi connectivity index (χ1v) is 33.5. The Hall–Kier alpha value is -2.37. The van der Waals surface area contributed by atoms with Crippen LogP contribution in [0.3, 0.4) is 0 Å². The topological polar surface area (TPSA) is 78.9 Å². The Kier molecular flexibility index (Phi) is 62.1. The van der Waals surface area contributed by atoms with Crippen LogP contribution in [-0.2, 0) is 28.6 Å². The van der Waals surface area contributed by atoms with Crippen molar-refractivity contribution in [2.75, 3.05) is 13.2 Å². The molecule has 0 N–H and O–H groups in total. The van der Waals surface area contributed by atoms with Gasteiger partial charge in [0.2, 0.25) is 0 Å². The Morgan fingerprint density at radius 2 is 0.480 bits per heavy atom. The summed E-state index contributed by atoms with van der Waals surface area (Å²) in [7, 11) is 0. The predicted octanol–water partition coefficient (Wildman–Crippen LogP) is 22.8. The Morgan fingerprint density at radius 1 is 0.267 bits per heavy atom. The van der Waals surface area contributed by atoms with Gasteiger partial charge >= 0.3 is 17.9 Å². The number of hydrogen-bond acceptors (Lipinski definition) is 6. The summed E-state index contributed by atoms with van der Waals surface area (Å²) in [6.07, 6.45) is 78.7. The Bertz CT molecular complexity index is 1250. The van der Waals surface area contributed by atoms with Gasteiger partial charge in [0, 0.05) is 19.3 Å². The van der Waals surface area contributed by atoms with Gasteiger partial charge in [0.05, 0.1) is 0 Å². The Balaban J connectivity index is 4.22. The van der Waals surface area contributed by atoms with E-state index in [0.29, 0.717) is 19.3 Å². The highest BCUT2D eigenvalue weighted by atomic mass is 16.6. The summed E-state index contributed by atoms with van der Waals surface area (Å²) in [4.78, 5) is 38.3. The molecule has 440 valence electrons. The molecule has 6 heteroatoms. The van der Waals surface area contributed by atoms with E-state index < -0.39 is 6.10 Å². The number of rotatable bonds is 62. The number of unbranched alkanes of at least 4 members (excludes halogenated alkanes) is 45. The van der Waals surface area contributed by atoms with Crippen molar-refractivity contribution >= 4 is 17.9 Å². The monoisotopic (exact) mass is 1050 g/mol. The average molecular weight is 1050 g/mol. The standard InChI is InChI=1S/C69H128O6/c1-4-7-10-13-16-19-22-25-28-30-31-32-33-34-35-36-37-38-39-40-42-44-47-50-53-56-59-62-68(71)74-65-66(64-73-67(70)61-58-55-52-49-46-43-27-24-21-18-15-12-9-6-3)75-69(72)63-60-57-54-51-48-45-41-29-26-23-20-17-14-11-8-5-2/h22,24-25,27,30-31,66H,4-21,23,26,28-29,32-65H2,1-3H3/b25-22-,27-24-,31-30-. The van der Waals surface area contributed by atoms with Gasteiger partial charge in [0.1, 0.15) is 13.2 Å². The molecular weight excluding hydrogens is 925 g/mol. The lowest BCUT2D eigenvalue weighted by Crippen LogP contribution is -2.30. The van der Waals surface area contributed by atoms with E-state index in [4.69, 9.17) is 14.2 Å². The van der Waals surface area contributed by atoms with Crippen molar-refractivity contribution in [2.45, 2.75) is 374 Å². The number of carbonyl (C=O) groups is 3. The minimum absolute atomic E-state index is 0.0697. The van der Waals surface area contributed by atoms with E-state index in [1.807, 2.05) is 0 Å². The summed E-state index contributed by atoms with van der Waals surface area (Å²) < 4.78 is 17.0. The molecule has 0 aromatic rings. The molecule has 0 aromatic heterocycles. The van der Waals surface area contributed by atoms with Gasteiger partial charge in [-0.1, -0.05) is 308 Å². The number of esters is 3. The van der Waals surface area contributed by atoms with Crippen LogP contribution < -0.4 is 0 Å². The number of carbonyl (C=O) groups excluding carboxylic acids is 3. The summed E-state index contributed by atoms with van der Waals surface area (Å²) in [5.74, 6) is -0.853. The highest BCUT2D eigenvalue weighted by Gasteiger charge is 2.19. The van der Waals surface area contributed by atoms with Gasteiger partial charge in [-0.3, -0.25) is 14.4 Å². The first-order chi connectivity index (χ1) is 37.0. The number of hydrogen-bond donors (Lipinski definition) is 0. The van der Waals surface area contributed by atoms with E-state index in [2.05, 4.69) is 57.2 Å². The van der Waals surface area contributed by atoms with Gasteiger partial charge in [-0.15, -0.1) is 0 Å². The molecular formula is C69H128O6. The molecule has 0 saturated heterocycles. The highest BCUT2D eigenvalue weighted by molar-refractivity contribution is 5.71. The van der Waals surface area contributed by atoms with Crippen molar-refractivity contribution in [3.05, 3.63) is 36.5 Å². The van der Waals surface area contributed by atoms with Crippen molar-refractivity contribution in [2.24, 2.45) is 0 Å². The molecule has 0 aliphatic rings. The Morgan fingerprint density at radius 3 is 0.747 bits per heavy atom. The maximum atomic E-state index is 12.9. The van der Waals surface area contributed by atoms with Crippen LogP contribution in [0.15, 0.2) is 36.5 Å². The van der Waals surface area contributed by atoms with Gasteiger partial charge in [0.15, 0.2) is 6.10 Å². The lowest BCUT2D eigenvalue weighted by atomic mass is 10.0. The SMILES string of the molecule is CCCCCCC/C=C\C/C=C\CCCCCCCCCCCCCCCCCC(=O)OCC(COC(=O)CCCCCCC/C=C\CCCCCCC)OC(=O)CCCCCCCCCCCCCCCCCC. The molecule has 0 aliphatic heterocycles. The summed E-state index contributed by atoms with van der Waals surface area (Å²) in [6.45, 7) is 6.68. The fraction of sp³-hybridized carbons (Fsp3) is 0.870. The molecule has 0 fully saturated rings. The van der Waals surface area contributed by atoms with Crippen molar-refractivity contribution in [1.29, 1.82) is 0 Å². The summed E-state index contributed by atoms with van der Waals surface area (Å²) >= 11 is 0. The maximum Gasteiger partial charge on any atom is 0.306 e. The molecule has 1 unspecified atom stereocenters. The molecule has 75 heavy (non-hydrogen) atoms. The van der Waals surface area contributed by atoms with Crippen LogP contribution in [0.25, 0.3) is 0 Å². The third-order valence-electron chi connectivity index (χ3n) is 15.1. The molecule has 0 spiro atoms. The quantitative estimate of drug-likeness (QED) is 0.0261. The molecule has 0 aliphatic carbocycles. The van der Waals surface area contributed by atoms with Crippen molar-refractivity contribution in [3.8, 4) is 0 Å². The molecule has 0 amide bonds. The zero-order valence-electron chi connectivity index (χ0n) is 50.6. The number of allylic oxidation sites excluding steroid dienone is 6. The minimum atomic E-state index is -0.772. The Labute approximate surface area is 467 Å². The first kappa shape index (κ1) is 72.6. The van der Waals surface area contributed by atoms with Crippen LogP contribution in [0.2, 0.25) is 0 Å². The molecule has 0 heterocycles. The van der Waals surface area contributed by atoms with Gasteiger partial charge in [-0.2, -0.15) is 0 Å². The smallest absolute Gasteiger partial charge is 0.306 e. The normalized spacial score (nSPS) is 12.2. The van der Waals surface area contributed by atoms with Crippen molar-refractivity contribution < 1.29 is 28.6 Å². The maximum absolute atomic E-state index is 12.9. The molecule has 0 aromatic carbocycles. The van der Waals surface area contributed by atoms with Crippen molar-refractivity contribution in [3.63, 3.8) is 0 Å². The molecule has 0 saturated carbocycles. The van der Waals surface area contributed by atoms with E-state index in [-0.39, 0.29) is 31.1 Å². The second-order valence-electron chi connectivity index (χ2n) is 22.7. The van der Waals surface area contributed by atoms with Crippen molar-refractivity contribution in [1.82, 2.24) is 0 Å². The minimum Gasteiger partial charge on any atom is -0.462 e. The molecule has 6 nitrogen and oxygen atoms in total. The second kappa shape index (κ2) is 64.2. The average Bonchev–Trinajstić information content (AvgIpc) is 3.41. The van der Waals surface area contributed by atoms with Crippen LogP contribution in [-0.4, -0.2) is 37.2 Å². The van der Waals surface area contributed by atoms with Crippen LogP contribution in [0.5, 0.6) is 0 Å². The zero-order valence-corrected chi connectivity index (χ0v) is 50.6. The van der Waals surface area contributed by atoms with Crippen LogP contribution in [0.1, 0.15) is 367 Å². The predicted molar refractivity (Wildman–Crippen MR) is 326 cm³/mol. The van der Waals surface area contributed by atoms with E-state index in [0.717, 1.165) is 70.6 Å². The van der Waals surface area contributed by atoms with Crippen LogP contribution in [0.4, 0.5) is 0 Å². The molecule has 0 radical (unpaired) electrons. The van der Waals surface area contributed by atoms with Gasteiger partial charge in [-0.25, -0.2) is 0 Å². The summed E-state index contributed by atoms with van der Waals surface area (Å²) in [5, 5.41) is 0. The number of ether oxygens (including phenoxy) is 3. The lowest BCUT2D eigenvalue weighted by molar-refractivity contribution is -0.167. The van der Waals surface area contributed by atoms with Gasteiger partial charge < -0.3 is 14.2 Å². The molecule has 1 atom stereocenters.